The fourth-order valence-electron chi connectivity index (χ4n) is 2.24. The lowest BCUT2D eigenvalue weighted by Crippen LogP contribution is -2.34. The maximum absolute atomic E-state index is 11.9. The highest BCUT2D eigenvalue weighted by Crippen LogP contribution is 2.34. The Morgan fingerprint density at radius 1 is 1.47 bits per heavy atom. The molecule has 1 aliphatic rings. The minimum atomic E-state index is -0.330. The van der Waals surface area contributed by atoms with Gasteiger partial charge in [0, 0.05) is 18.3 Å². The summed E-state index contributed by atoms with van der Waals surface area (Å²) in [5.41, 5.74) is 7.84. The molecule has 0 aromatic heterocycles. The molecular weight excluding hydrogens is 240 g/mol. The van der Waals surface area contributed by atoms with Crippen LogP contribution in [-0.4, -0.2) is 25.7 Å². The van der Waals surface area contributed by atoms with Crippen molar-refractivity contribution in [3.8, 4) is 0 Å². The summed E-state index contributed by atoms with van der Waals surface area (Å²) in [7, 11) is 1.40. The van der Waals surface area contributed by atoms with Crippen LogP contribution < -0.4 is 10.6 Å². The number of methoxy groups -OCH3 is 1. The Morgan fingerprint density at radius 3 is 2.68 bits per heavy atom. The van der Waals surface area contributed by atoms with E-state index in [2.05, 4.69) is 18.7 Å². The number of hydrogen-bond acceptors (Lipinski definition) is 4. The number of rotatable bonds is 5. The smallest absolute Gasteiger partial charge is 0.340 e. The largest absolute Gasteiger partial charge is 0.465 e. The summed E-state index contributed by atoms with van der Waals surface area (Å²) in [6.07, 6.45) is 2.57. The number of anilines is 2. The van der Waals surface area contributed by atoms with Crippen LogP contribution in [0.4, 0.5) is 11.4 Å². The summed E-state index contributed by atoms with van der Waals surface area (Å²) in [6, 6.07) is 5.80. The van der Waals surface area contributed by atoms with Crippen molar-refractivity contribution >= 4 is 17.3 Å². The lowest BCUT2D eigenvalue weighted by Gasteiger charge is -2.30. The first-order valence-corrected chi connectivity index (χ1v) is 6.77. The topological polar surface area (TPSA) is 55.6 Å². The number of benzene rings is 1. The van der Waals surface area contributed by atoms with Crippen molar-refractivity contribution in [3.05, 3.63) is 23.8 Å². The first-order valence-electron chi connectivity index (χ1n) is 6.77. The predicted molar refractivity (Wildman–Crippen MR) is 77.4 cm³/mol. The van der Waals surface area contributed by atoms with E-state index in [1.165, 1.54) is 20.0 Å². The van der Waals surface area contributed by atoms with E-state index in [0.29, 0.717) is 17.3 Å². The van der Waals surface area contributed by atoms with E-state index in [4.69, 9.17) is 10.5 Å². The summed E-state index contributed by atoms with van der Waals surface area (Å²) in [5.74, 6) is 0.425. The van der Waals surface area contributed by atoms with Gasteiger partial charge in [-0.2, -0.15) is 0 Å². The van der Waals surface area contributed by atoms with Crippen molar-refractivity contribution in [2.45, 2.75) is 32.7 Å². The first kappa shape index (κ1) is 13.7. The van der Waals surface area contributed by atoms with Crippen molar-refractivity contribution in [2.75, 3.05) is 24.3 Å². The summed E-state index contributed by atoms with van der Waals surface area (Å²) in [5, 5.41) is 0. The van der Waals surface area contributed by atoms with E-state index >= 15 is 0 Å². The van der Waals surface area contributed by atoms with E-state index in [1.807, 2.05) is 12.1 Å². The average Bonchev–Trinajstić information content (AvgIpc) is 3.19. The third-order valence-corrected chi connectivity index (χ3v) is 3.51. The van der Waals surface area contributed by atoms with E-state index in [1.54, 1.807) is 6.07 Å². The van der Waals surface area contributed by atoms with Crippen molar-refractivity contribution in [1.82, 2.24) is 0 Å². The average molecular weight is 262 g/mol. The number of carbonyl (C=O) groups is 1. The molecule has 1 saturated carbocycles. The first-order chi connectivity index (χ1) is 9.02. The van der Waals surface area contributed by atoms with Gasteiger partial charge in [0.15, 0.2) is 0 Å². The van der Waals surface area contributed by atoms with Gasteiger partial charge in [-0.05, 0) is 50.8 Å². The van der Waals surface area contributed by atoms with Crippen LogP contribution in [0.1, 0.15) is 37.0 Å². The lowest BCUT2D eigenvalue weighted by atomic mass is 10.1. The summed E-state index contributed by atoms with van der Waals surface area (Å²) >= 11 is 0. The quantitative estimate of drug-likeness (QED) is 0.654. The molecule has 1 aromatic rings. The molecule has 1 aliphatic carbocycles. The highest BCUT2D eigenvalue weighted by atomic mass is 16.5. The van der Waals surface area contributed by atoms with Gasteiger partial charge < -0.3 is 15.4 Å². The molecule has 0 bridgehead atoms. The zero-order chi connectivity index (χ0) is 14.0. The molecule has 0 unspecified atom stereocenters. The summed E-state index contributed by atoms with van der Waals surface area (Å²) in [6.45, 7) is 5.27. The van der Waals surface area contributed by atoms with Crippen molar-refractivity contribution < 1.29 is 9.53 Å². The zero-order valence-electron chi connectivity index (χ0n) is 11.8. The Balaban J connectivity index is 2.36. The van der Waals surface area contributed by atoms with Gasteiger partial charge in [-0.1, -0.05) is 0 Å². The van der Waals surface area contributed by atoms with E-state index in [9.17, 15) is 4.79 Å². The van der Waals surface area contributed by atoms with Crippen LogP contribution in [0.15, 0.2) is 18.2 Å². The molecule has 19 heavy (non-hydrogen) atoms. The molecule has 0 aliphatic heterocycles. The molecule has 0 saturated heterocycles. The van der Waals surface area contributed by atoms with Gasteiger partial charge in [-0.15, -0.1) is 0 Å². The van der Waals surface area contributed by atoms with E-state index in [-0.39, 0.29) is 5.97 Å². The third kappa shape index (κ3) is 3.19. The molecule has 1 fully saturated rings. The minimum absolute atomic E-state index is 0.330. The Hall–Kier alpha value is -1.71. The summed E-state index contributed by atoms with van der Waals surface area (Å²) in [4.78, 5) is 14.2. The van der Waals surface area contributed by atoms with E-state index in [0.717, 1.165) is 18.2 Å². The molecular formula is C15H22N2O2. The number of ether oxygens (including phenoxy) is 1. The molecule has 0 atom stereocenters. The normalized spacial score (nSPS) is 14.5. The number of esters is 1. The monoisotopic (exact) mass is 262 g/mol. The second-order valence-electron chi connectivity index (χ2n) is 5.46. The number of nitrogens with zero attached hydrogens (tertiary/aromatic N) is 1. The van der Waals surface area contributed by atoms with Crippen LogP contribution in [0, 0.1) is 5.92 Å². The predicted octanol–water partition coefficient (Wildman–Crippen LogP) is 2.68. The molecule has 0 heterocycles. The van der Waals surface area contributed by atoms with Crippen LogP contribution in [0.25, 0.3) is 0 Å². The fourth-order valence-corrected chi connectivity index (χ4v) is 2.24. The number of nitrogens with two attached hydrogens (primary N) is 1. The molecule has 4 heteroatoms. The van der Waals surface area contributed by atoms with Crippen LogP contribution >= 0.6 is 0 Å². The third-order valence-electron chi connectivity index (χ3n) is 3.51. The number of hydrogen-bond donors (Lipinski definition) is 1. The Labute approximate surface area is 114 Å². The molecule has 0 spiro atoms. The van der Waals surface area contributed by atoms with E-state index < -0.39 is 0 Å². The van der Waals surface area contributed by atoms with Gasteiger partial charge >= 0.3 is 5.97 Å². The molecule has 2 N–H and O–H groups in total. The van der Waals surface area contributed by atoms with Crippen LogP contribution in [-0.2, 0) is 4.74 Å². The standard InChI is InChI=1S/C15H22N2O2/c1-10(2)17(9-11-4-5-11)14-7-6-12(16)8-13(14)15(18)19-3/h6-8,10-11H,4-5,9,16H2,1-3H3. The van der Waals surface area contributed by atoms with Gasteiger partial charge in [0.1, 0.15) is 0 Å². The Morgan fingerprint density at radius 2 is 2.16 bits per heavy atom. The summed E-state index contributed by atoms with van der Waals surface area (Å²) < 4.78 is 4.86. The Bertz CT molecular complexity index is 467. The lowest BCUT2D eigenvalue weighted by molar-refractivity contribution is 0.0601. The van der Waals surface area contributed by atoms with Crippen LogP contribution in [0.3, 0.4) is 0 Å². The zero-order valence-corrected chi connectivity index (χ0v) is 11.8. The number of nitrogen functional groups attached to an aromatic ring is 1. The van der Waals surface area contributed by atoms with Gasteiger partial charge in [0.05, 0.1) is 18.4 Å². The second-order valence-corrected chi connectivity index (χ2v) is 5.46. The van der Waals surface area contributed by atoms with Crippen LogP contribution in [0.2, 0.25) is 0 Å². The fraction of sp³-hybridized carbons (Fsp3) is 0.533. The van der Waals surface area contributed by atoms with Crippen molar-refractivity contribution in [2.24, 2.45) is 5.92 Å². The molecule has 1 aromatic carbocycles. The van der Waals surface area contributed by atoms with Crippen molar-refractivity contribution in [3.63, 3.8) is 0 Å². The Kier molecular flexibility index (Phi) is 3.98. The highest BCUT2D eigenvalue weighted by molar-refractivity contribution is 5.97. The highest BCUT2D eigenvalue weighted by Gasteiger charge is 2.27. The van der Waals surface area contributed by atoms with Crippen LogP contribution in [0.5, 0.6) is 0 Å². The molecule has 104 valence electrons. The van der Waals surface area contributed by atoms with Gasteiger partial charge in [0.25, 0.3) is 0 Å². The number of carbonyl (C=O) groups excluding carboxylic acids is 1. The molecule has 0 amide bonds. The molecule has 0 radical (unpaired) electrons. The van der Waals surface area contributed by atoms with Gasteiger partial charge in [-0.25, -0.2) is 4.79 Å². The van der Waals surface area contributed by atoms with Crippen molar-refractivity contribution in [1.29, 1.82) is 0 Å². The molecule has 2 rings (SSSR count). The maximum atomic E-state index is 11.9. The maximum Gasteiger partial charge on any atom is 0.340 e. The minimum Gasteiger partial charge on any atom is -0.465 e. The van der Waals surface area contributed by atoms with Gasteiger partial charge in [-0.3, -0.25) is 0 Å². The molecule has 4 nitrogen and oxygen atoms in total. The van der Waals surface area contributed by atoms with Gasteiger partial charge in [0.2, 0.25) is 0 Å². The second kappa shape index (κ2) is 5.51. The SMILES string of the molecule is COC(=O)c1cc(N)ccc1N(CC1CC1)C(C)C.